The van der Waals surface area contributed by atoms with Gasteiger partial charge in [-0.2, -0.15) is 0 Å². The summed E-state index contributed by atoms with van der Waals surface area (Å²) in [5, 5.41) is 4.98. The largest absolute Gasteiger partial charge is 0.309 e. The van der Waals surface area contributed by atoms with Crippen molar-refractivity contribution in [2.24, 2.45) is 0 Å². The molecule has 0 N–H and O–H groups in total. The van der Waals surface area contributed by atoms with Gasteiger partial charge in [-0.25, -0.2) is 0 Å². The summed E-state index contributed by atoms with van der Waals surface area (Å²) in [6, 6.07) is 52.0. The molecule has 0 aliphatic rings. The topological polar surface area (TPSA) is 9.86 Å². The van der Waals surface area contributed by atoms with Crippen molar-refractivity contribution >= 4 is 67.9 Å². The van der Waals surface area contributed by atoms with E-state index in [2.05, 4.69) is 181 Å². The number of hydrogen-bond donors (Lipinski definition) is 0. The Labute approximate surface area is 303 Å². The summed E-state index contributed by atoms with van der Waals surface area (Å²) in [4.78, 5) is 0. The first-order valence-corrected chi connectivity index (χ1v) is 17.6. The molecule has 0 bridgehead atoms. The van der Waals surface area contributed by atoms with Crippen LogP contribution in [0.3, 0.4) is 0 Å². The molecule has 2 aromatic heterocycles. The van der Waals surface area contributed by atoms with E-state index in [9.17, 15) is 0 Å². The predicted octanol–water partition coefficient (Wildman–Crippen LogP) is 13.8. The zero-order valence-corrected chi connectivity index (χ0v) is 28.9. The molecule has 2 heterocycles. The van der Waals surface area contributed by atoms with Gasteiger partial charge in [0, 0.05) is 32.9 Å². The number of fused-ring (bicyclic) bond motifs is 6. The van der Waals surface area contributed by atoms with Gasteiger partial charge < -0.3 is 9.13 Å². The number of hydrogen-bond acceptors (Lipinski definition) is 0. The van der Waals surface area contributed by atoms with E-state index >= 15 is 0 Å². The third-order valence-corrected chi connectivity index (χ3v) is 10.5. The van der Waals surface area contributed by atoms with Gasteiger partial charge in [-0.05, 0) is 93.0 Å². The molecule has 0 radical (unpaired) electrons. The van der Waals surface area contributed by atoms with Gasteiger partial charge in [0.2, 0.25) is 0 Å². The van der Waals surface area contributed by atoms with Crippen LogP contribution in [0.1, 0.15) is 22.3 Å². The maximum Gasteiger partial charge on any atom is 0.0541 e. The van der Waals surface area contributed by atoms with Gasteiger partial charge in [0.15, 0.2) is 0 Å². The van der Waals surface area contributed by atoms with E-state index in [1.54, 1.807) is 0 Å². The molecule has 2 heteroatoms. The fraction of sp³-hybridized carbons (Fsp3) is 0. The van der Waals surface area contributed by atoms with Crippen LogP contribution < -0.4 is 0 Å². The van der Waals surface area contributed by atoms with Crippen LogP contribution in [0.5, 0.6) is 0 Å². The summed E-state index contributed by atoms with van der Waals surface area (Å²) in [5.74, 6) is 0. The molecule has 0 aliphatic carbocycles. The van der Waals surface area contributed by atoms with Gasteiger partial charge >= 0.3 is 0 Å². The second-order valence-corrected chi connectivity index (χ2v) is 13.1. The molecule has 52 heavy (non-hydrogen) atoms. The highest BCUT2D eigenvalue weighted by Crippen LogP contribution is 2.44. The molecule has 7 aromatic carbocycles. The average Bonchev–Trinajstić information content (AvgIpc) is 3.73. The number of aromatic nitrogens is 2. The Morgan fingerprint density at radius 1 is 0.308 bits per heavy atom. The molecular weight excluding hydrogens is 629 g/mol. The van der Waals surface area contributed by atoms with E-state index in [4.69, 9.17) is 0 Å². The van der Waals surface area contributed by atoms with Gasteiger partial charge in [0.05, 0.1) is 22.1 Å². The van der Waals surface area contributed by atoms with Crippen LogP contribution in [0, 0.1) is 0 Å². The third kappa shape index (κ3) is 4.58. The molecule has 246 valence electrons. The van der Waals surface area contributed by atoms with Crippen molar-refractivity contribution in [1.29, 1.82) is 0 Å². The van der Waals surface area contributed by atoms with Gasteiger partial charge in [-0.3, -0.25) is 0 Å². The van der Waals surface area contributed by atoms with Crippen LogP contribution in [0.25, 0.3) is 102 Å². The SMILES string of the molecule is C=Cc1c(C=C)c(-c2ccc(-n3c4ccccc4c4ccccc43)cc2)c(C=C)c(C=C)c1-c1ccc(-n2c3ccccc3c3ccccc32)cc1. The number of nitrogens with zero attached hydrogens (tertiary/aromatic N) is 2. The Morgan fingerprint density at radius 3 is 0.808 bits per heavy atom. The fourth-order valence-electron chi connectivity index (χ4n) is 8.25. The van der Waals surface area contributed by atoms with Crippen LogP contribution in [0.15, 0.2) is 172 Å². The summed E-state index contributed by atoms with van der Waals surface area (Å²) in [6.45, 7) is 17.2. The normalized spacial score (nSPS) is 11.4. The summed E-state index contributed by atoms with van der Waals surface area (Å²) in [5.41, 5.74) is 15.3. The first kappa shape index (κ1) is 31.1. The van der Waals surface area contributed by atoms with Gasteiger partial charge in [0.1, 0.15) is 0 Å². The lowest BCUT2D eigenvalue weighted by molar-refractivity contribution is 1.18. The Kier molecular flexibility index (Phi) is 7.45. The van der Waals surface area contributed by atoms with Crippen LogP contribution in [0.2, 0.25) is 0 Å². The lowest BCUT2D eigenvalue weighted by atomic mass is 9.81. The van der Waals surface area contributed by atoms with Crippen molar-refractivity contribution < 1.29 is 0 Å². The van der Waals surface area contributed by atoms with Crippen molar-refractivity contribution in [3.05, 3.63) is 194 Å². The monoisotopic (exact) mass is 664 g/mol. The summed E-state index contributed by atoms with van der Waals surface area (Å²) < 4.78 is 4.68. The minimum Gasteiger partial charge on any atom is -0.309 e. The van der Waals surface area contributed by atoms with E-state index in [0.29, 0.717) is 0 Å². The van der Waals surface area contributed by atoms with Crippen molar-refractivity contribution in [3.8, 4) is 33.6 Å². The van der Waals surface area contributed by atoms with Crippen LogP contribution in [-0.4, -0.2) is 9.13 Å². The summed E-state index contributed by atoms with van der Waals surface area (Å²) in [7, 11) is 0. The van der Waals surface area contributed by atoms with Crippen molar-refractivity contribution in [3.63, 3.8) is 0 Å². The molecule has 9 rings (SSSR count). The molecule has 0 atom stereocenters. The average molecular weight is 665 g/mol. The third-order valence-electron chi connectivity index (χ3n) is 10.5. The second kappa shape index (κ2) is 12.5. The zero-order chi connectivity index (χ0) is 35.3. The van der Waals surface area contributed by atoms with Crippen molar-refractivity contribution in [2.75, 3.05) is 0 Å². The summed E-state index contributed by atoms with van der Waals surface area (Å²) in [6.07, 6.45) is 7.79. The smallest absolute Gasteiger partial charge is 0.0541 e. The molecule has 0 saturated carbocycles. The molecule has 0 fully saturated rings. The van der Waals surface area contributed by atoms with E-state index in [1.165, 1.54) is 43.6 Å². The standard InChI is InChI=1S/C50H36N2/c1-5-37-38(6-2)50(34-27-31-36(32-28-34)52-47-23-15-11-19-43(47)44-20-12-16-24-48(44)52)40(8-4)39(7-3)49(37)33-25-29-35(30-26-33)51-45-21-13-9-17-41(45)42-18-10-14-22-46(42)51/h5-32H,1-4H2. The fourth-order valence-corrected chi connectivity index (χ4v) is 8.25. The molecule has 9 aromatic rings. The number of para-hydroxylation sites is 4. The van der Waals surface area contributed by atoms with E-state index in [-0.39, 0.29) is 0 Å². The first-order chi connectivity index (χ1) is 25.7. The molecule has 0 saturated heterocycles. The Morgan fingerprint density at radius 2 is 0.558 bits per heavy atom. The number of rotatable bonds is 8. The lowest BCUT2D eigenvalue weighted by Crippen LogP contribution is -2.01. The maximum atomic E-state index is 4.31. The highest BCUT2D eigenvalue weighted by Gasteiger charge is 2.22. The van der Waals surface area contributed by atoms with E-state index in [0.717, 1.165) is 55.9 Å². The molecule has 0 amide bonds. The van der Waals surface area contributed by atoms with Gasteiger partial charge in [-0.15, -0.1) is 0 Å². The van der Waals surface area contributed by atoms with E-state index < -0.39 is 0 Å². The Hall–Kier alpha value is -6.90. The van der Waals surface area contributed by atoms with Crippen molar-refractivity contribution in [2.45, 2.75) is 0 Å². The second-order valence-electron chi connectivity index (χ2n) is 13.1. The van der Waals surface area contributed by atoms with E-state index in [1.807, 2.05) is 24.3 Å². The quantitative estimate of drug-likeness (QED) is 0.153. The minimum atomic E-state index is 1.02. The van der Waals surface area contributed by atoms with Gasteiger partial charge in [-0.1, -0.05) is 148 Å². The molecule has 0 aliphatic heterocycles. The minimum absolute atomic E-state index is 1.02. The van der Waals surface area contributed by atoms with Crippen molar-refractivity contribution in [1.82, 2.24) is 9.13 Å². The highest BCUT2D eigenvalue weighted by molar-refractivity contribution is 6.10. The molecule has 0 unspecified atom stereocenters. The summed E-state index contributed by atoms with van der Waals surface area (Å²) >= 11 is 0. The molecule has 0 spiro atoms. The molecular formula is C50H36N2. The zero-order valence-electron chi connectivity index (χ0n) is 28.9. The lowest BCUT2D eigenvalue weighted by Gasteiger charge is -2.23. The van der Waals surface area contributed by atoms with Crippen LogP contribution >= 0.6 is 0 Å². The van der Waals surface area contributed by atoms with Crippen LogP contribution in [-0.2, 0) is 0 Å². The molecule has 2 nitrogen and oxygen atoms in total. The Balaban J connectivity index is 1.19. The first-order valence-electron chi connectivity index (χ1n) is 17.6. The highest BCUT2D eigenvalue weighted by atomic mass is 15.0. The van der Waals surface area contributed by atoms with Gasteiger partial charge in [0.25, 0.3) is 0 Å². The predicted molar refractivity (Wildman–Crippen MR) is 226 cm³/mol. The van der Waals surface area contributed by atoms with Crippen LogP contribution in [0.4, 0.5) is 0 Å². The maximum absolute atomic E-state index is 4.31. The number of benzene rings is 7. The Bertz CT molecular complexity index is 2540.